The summed E-state index contributed by atoms with van der Waals surface area (Å²) in [6.45, 7) is 5.22. The van der Waals surface area contributed by atoms with Gasteiger partial charge in [-0.15, -0.1) is 0 Å². The highest BCUT2D eigenvalue weighted by Crippen LogP contribution is 2.25. The molecular weight excluding hydrogens is 248 g/mol. The molecule has 0 bridgehead atoms. The molecular formula is C13H18N2O4. The number of ether oxygens (including phenoxy) is 1. The maximum absolute atomic E-state index is 11.7. The number of hydrogen-bond donors (Lipinski definition) is 0. The first-order valence-corrected chi connectivity index (χ1v) is 6.04. The van der Waals surface area contributed by atoms with Gasteiger partial charge in [-0.1, -0.05) is 0 Å². The van der Waals surface area contributed by atoms with Crippen molar-refractivity contribution in [2.75, 3.05) is 31.7 Å². The van der Waals surface area contributed by atoms with E-state index in [-0.39, 0.29) is 11.5 Å². The summed E-state index contributed by atoms with van der Waals surface area (Å²) in [7, 11) is 1.61. The number of anilines is 1. The van der Waals surface area contributed by atoms with Crippen molar-refractivity contribution in [1.29, 1.82) is 0 Å². The molecule has 0 amide bonds. The van der Waals surface area contributed by atoms with Crippen molar-refractivity contribution in [3.05, 3.63) is 33.9 Å². The number of Topliss-reactive ketones (excluding diaryl/α,β-unsaturated/α-hetero) is 1. The third-order valence-electron chi connectivity index (χ3n) is 2.86. The summed E-state index contributed by atoms with van der Waals surface area (Å²) in [4.78, 5) is 23.9. The van der Waals surface area contributed by atoms with Crippen LogP contribution in [-0.2, 0) is 4.74 Å². The molecule has 1 aromatic carbocycles. The zero-order chi connectivity index (χ0) is 14.4. The molecule has 19 heavy (non-hydrogen) atoms. The normalized spacial score (nSPS) is 10.3. The Morgan fingerprint density at radius 1 is 1.47 bits per heavy atom. The number of nitro benzene ring substituents is 1. The Kier molecular flexibility index (Phi) is 5.44. The van der Waals surface area contributed by atoms with E-state index in [1.807, 2.05) is 11.8 Å². The van der Waals surface area contributed by atoms with E-state index in [2.05, 4.69) is 0 Å². The van der Waals surface area contributed by atoms with Crippen molar-refractivity contribution in [3.8, 4) is 0 Å². The van der Waals surface area contributed by atoms with Crippen LogP contribution < -0.4 is 4.90 Å². The predicted molar refractivity (Wildman–Crippen MR) is 72.9 cm³/mol. The summed E-state index contributed by atoms with van der Waals surface area (Å²) in [5, 5.41) is 10.8. The van der Waals surface area contributed by atoms with E-state index in [1.165, 1.54) is 19.1 Å². The van der Waals surface area contributed by atoms with Crippen LogP contribution in [0.15, 0.2) is 18.2 Å². The fourth-order valence-corrected chi connectivity index (χ4v) is 1.85. The fraction of sp³-hybridized carbons (Fsp3) is 0.462. The number of carbonyl (C=O) groups excluding carboxylic acids is 1. The average Bonchev–Trinajstić information content (AvgIpc) is 2.39. The van der Waals surface area contributed by atoms with Crippen LogP contribution in [0.1, 0.15) is 24.2 Å². The molecule has 0 aliphatic rings. The maximum Gasteiger partial charge on any atom is 0.270 e. The van der Waals surface area contributed by atoms with Crippen molar-refractivity contribution in [3.63, 3.8) is 0 Å². The zero-order valence-corrected chi connectivity index (χ0v) is 11.4. The van der Waals surface area contributed by atoms with Gasteiger partial charge in [0.05, 0.1) is 11.5 Å². The standard InChI is InChI=1S/C13H18N2O4/c1-4-14(7-8-19-3)13-6-5-11(15(17)18)9-12(13)10(2)16/h5-6,9H,4,7-8H2,1-3H3. The first kappa shape index (κ1) is 15.1. The first-order valence-electron chi connectivity index (χ1n) is 6.04. The molecule has 0 heterocycles. The molecule has 0 saturated carbocycles. The molecule has 1 rings (SSSR count). The van der Waals surface area contributed by atoms with Crippen molar-refractivity contribution in [1.82, 2.24) is 0 Å². The van der Waals surface area contributed by atoms with Gasteiger partial charge in [0.25, 0.3) is 5.69 Å². The largest absolute Gasteiger partial charge is 0.383 e. The Morgan fingerprint density at radius 3 is 2.63 bits per heavy atom. The summed E-state index contributed by atoms with van der Waals surface area (Å²) in [6, 6.07) is 4.36. The molecule has 0 aromatic heterocycles. The molecule has 0 radical (unpaired) electrons. The summed E-state index contributed by atoms with van der Waals surface area (Å²) in [6.07, 6.45) is 0. The molecule has 1 aromatic rings. The fourth-order valence-electron chi connectivity index (χ4n) is 1.85. The van der Waals surface area contributed by atoms with Crippen LogP contribution in [0.5, 0.6) is 0 Å². The van der Waals surface area contributed by atoms with Gasteiger partial charge in [-0.2, -0.15) is 0 Å². The van der Waals surface area contributed by atoms with Gasteiger partial charge in [0.1, 0.15) is 0 Å². The molecule has 6 nitrogen and oxygen atoms in total. The average molecular weight is 266 g/mol. The van der Waals surface area contributed by atoms with E-state index in [0.29, 0.717) is 30.9 Å². The SMILES string of the molecule is CCN(CCOC)c1ccc([N+](=O)[O-])cc1C(C)=O. The highest BCUT2D eigenvalue weighted by atomic mass is 16.6. The maximum atomic E-state index is 11.7. The Balaban J connectivity index is 3.17. The summed E-state index contributed by atoms with van der Waals surface area (Å²) < 4.78 is 5.02. The van der Waals surface area contributed by atoms with Gasteiger partial charge in [-0.05, 0) is 19.9 Å². The highest BCUT2D eigenvalue weighted by Gasteiger charge is 2.17. The molecule has 0 atom stereocenters. The number of nitro groups is 1. The van der Waals surface area contributed by atoms with Crippen LogP contribution in [0.3, 0.4) is 0 Å². The lowest BCUT2D eigenvalue weighted by atomic mass is 10.1. The number of rotatable bonds is 7. The number of carbonyl (C=O) groups is 1. The van der Waals surface area contributed by atoms with Crippen molar-refractivity contribution < 1.29 is 14.5 Å². The van der Waals surface area contributed by atoms with Gasteiger partial charge in [0, 0.05) is 43.6 Å². The number of likely N-dealkylation sites (N-methyl/N-ethyl adjacent to an activating group) is 1. The number of benzene rings is 1. The second kappa shape index (κ2) is 6.84. The van der Waals surface area contributed by atoms with E-state index < -0.39 is 4.92 Å². The van der Waals surface area contributed by atoms with Crippen molar-refractivity contribution in [2.24, 2.45) is 0 Å². The molecule has 0 N–H and O–H groups in total. The number of nitrogens with zero attached hydrogens (tertiary/aromatic N) is 2. The zero-order valence-electron chi connectivity index (χ0n) is 11.4. The predicted octanol–water partition coefficient (Wildman–Crippen LogP) is 2.27. The minimum absolute atomic E-state index is 0.0725. The molecule has 0 aliphatic heterocycles. The van der Waals surface area contributed by atoms with Gasteiger partial charge in [0.15, 0.2) is 5.78 Å². The van der Waals surface area contributed by atoms with Gasteiger partial charge in [0.2, 0.25) is 0 Å². The van der Waals surface area contributed by atoms with Crippen LogP contribution in [0.2, 0.25) is 0 Å². The van der Waals surface area contributed by atoms with Crippen LogP contribution >= 0.6 is 0 Å². The van der Waals surface area contributed by atoms with Crippen LogP contribution in [-0.4, -0.2) is 37.5 Å². The lowest BCUT2D eigenvalue weighted by Crippen LogP contribution is -2.28. The Hall–Kier alpha value is -1.95. The molecule has 104 valence electrons. The number of methoxy groups -OCH3 is 1. The van der Waals surface area contributed by atoms with Crippen LogP contribution in [0.4, 0.5) is 11.4 Å². The Morgan fingerprint density at radius 2 is 2.16 bits per heavy atom. The summed E-state index contributed by atoms with van der Waals surface area (Å²) in [5.74, 6) is -0.186. The van der Waals surface area contributed by atoms with E-state index in [1.54, 1.807) is 13.2 Å². The van der Waals surface area contributed by atoms with E-state index in [9.17, 15) is 14.9 Å². The molecule has 0 spiro atoms. The molecule has 0 unspecified atom stereocenters. The Bertz CT molecular complexity index is 474. The first-order chi connectivity index (χ1) is 9.01. The van der Waals surface area contributed by atoms with Gasteiger partial charge >= 0.3 is 0 Å². The second-order valence-electron chi connectivity index (χ2n) is 4.09. The van der Waals surface area contributed by atoms with E-state index >= 15 is 0 Å². The molecule has 0 aliphatic carbocycles. The topological polar surface area (TPSA) is 72.7 Å². The molecule has 0 saturated heterocycles. The van der Waals surface area contributed by atoms with Crippen molar-refractivity contribution in [2.45, 2.75) is 13.8 Å². The smallest absolute Gasteiger partial charge is 0.270 e. The number of ketones is 1. The minimum atomic E-state index is -0.498. The van der Waals surface area contributed by atoms with Gasteiger partial charge in [-0.3, -0.25) is 14.9 Å². The number of hydrogen-bond acceptors (Lipinski definition) is 5. The lowest BCUT2D eigenvalue weighted by Gasteiger charge is -2.24. The van der Waals surface area contributed by atoms with Crippen LogP contribution in [0.25, 0.3) is 0 Å². The Labute approximate surface area is 112 Å². The highest BCUT2D eigenvalue weighted by molar-refractivity contribution is 6.00. The van der Waals surface area contributed by atoms with Crippen LogP contribution in [0, 0.1) is 10.1 Å². The summed E-state index contributed by atoms with van der Waals surface area (Å²) in [5.41, 5.74) is 1.00. The number of non-ortho nitro benzene ring substituents is 1. The molecule has 6 heteroatoms. The van der Waals surface area contributed by atoms with E-state index in [4.69, 9.17) is 4.74 Å². The third kappa shape index (κ3) is 3.75. The second-order valence-corrected chi connectivity index (χ2v) is 4.09. The van der Waals surface area contributed by atoms with E-state index in [0.717, 1.165) is 0 Å². The minimum Gasteiger partial charge on any atom is -0.383 e. The third-order valence-corrected chi connectivity index (χ3v) is 2.86. The monoisotopic (exact) mass is 266 g/mol. The molecule has 0 fully saturated rings. The quantitative estimate of drug-likeness (QED) is 0.430. The van der Waals surface area contributed by atoms with Crippen molar-refractivity contribution >= 4 is 17.2 Å². The summed E-state index contributed by atoms with van der Waals surface area (Å²) >= 11 is 0. The van der Waals surface area contributed by atoms with Gasteiger partial charge < -0.3 is 9.64 Å². The lowest BCUT2D eigenvalue weighted by molar-refractivity contribution is -0.384. The van der Waals surface area contributed by atoms with Gasteiger partial charge in [-0.25, -0.2) is 0 Å².